The summed E-state index contributed by atoms with van der Waals surface area (Å²) in [5.41, 5.74) is 5.00. The highest BCUT2D eigenvalue weighted by Crippen LogP contribution is 2.33. The van der Waals surface area contributed by atoms with Crippen LogP contribution >= 0.6 is 0 Å². The van der Waals surface area contributed by atoms with Crippen LogP contribution in [0.4, 0.5) is 0 Å². The first-order valence-corrected chi connectivity index (χ1v) is 21.7. The molecular formula is C45H60N6O16. The predicted molar refractivity (Wildman–Crippen MR) is 236 cm³/mol. The van der Waals surface area contributed by atoms with Crippen molar-refractivity contribution in [3.63, 3.8) is 0 Å². The third-order valence-corrected chi connectivity index (χ3v) is 9.09. The van der Waals surface area contributed by atoms with Gasteiger partial charge in [0.25, 0.3) is 17.7 Å². The third-order valence-electron chi connectivity index (χ3n) is 9.09. The standard InChI is InChI=1S/C45H60N6O16/c1-29(52)63-36-17-11-15-34(42(36)65-31(3)54)44(61)48-24-8-10-26-50(27-14-25-49-45(62)35-16-12-18-37(64-30(2)53)43(35)66-32(4)55)40(59)22-21-39(58)47-23-7-6-9-28-51(67-33(5)56)41(60)20-13-19-38(46)57/h11-12,15-18H,6-10,13-14,19-28H2,1-5H3,(H2,46,57)(H,47,58)(H,48,61)(H,49,62). The minimum atomic E-state index is -0.748. The number of primary amides is 1. The molecular weight excluding hydrogens is 881 g/mol. The second-order valence-electron chi connectivity index (χ2n) is 14.9. The lowest BCUT2D eigenvalue weighted by Gasteiger charge is -2.23. The predicted octanol–water partition coefficient (Wildman–Crippen LogP) is 2.58. The molecule has 22 nitrogen and oxygen atoms in total. The molecule has 0 aliphatic rings. The second-order valence-corrected chi connectivity index (χ2v) is 14.9. The fraction of sp³-hybridized carbons (Fsp3) is 0.489. The number of ether oxygens (including phenoxy) is 4. The zero-order valence-corrected chi connectivity index (χ0v) is 38.5. The van der Waals surface area contributed by atoms with Crippen LogP contribution in [0.1, 0.15) is 126 Å². The number of amides is 6. The van der Waals surface area contributed by atoms with Gasteiger partial charge >= 0.3 is 29.8 Å². The molecule has 2 rings (SSSR count). The Balaban J connectivity index is 2.01. The molecule has 0 aliphatic heterocycles. The van der Waals surface area contributed by atoms with E-state index in [1.807, 2.05) is 0 Å². The van der Waals surface area contributed by atoms with Gasteiger partial charge in [-0.2, -0.15) is 5.06 Å². The van der Waals surface area contributed by atoms with Crippen molar-refractivity contribution in [3.05, 3.63) is 47.5 Å². The van der Waals surface area contributed by atoms with Crippen molar-refractivity contribution in [3.8, 4) is 23.0 Å². The first kappa shape index (κ1) is 55.7. The number of unbranched alkanes of at least 4 members (excludes halogenated alkanes) is 3. The number of nitrogens with one attached hydrogen (secondary N) is 3. The molecule has 0 unspecified atom stereocenters. The highest BCUT2D eigenvalue weighted by Gasteiger charge is 2.23. The van der Waals surface area contributed by atoms with Crippen LogP contribution in [0.2, 0.25) is 0 Å². The second kappa shape index (κ2) is 29.9. The molecule has 0 saturated heterocycles. The van der Waals surface area contributed by atoms with Gasteiger partial charge in [0.1, 0.15) is 0 Å². The van der Waals surface area contributed by atoms with Crippen LogP contribution in [-0.4, -0.2) is 115 Å². The van der Waals surface area contributed by atoms with E-state index in [1.54, 1.807) is 0 Å². The lowest BCUT2D eigenvalue weighted by Crippen LogP contribution is -2.36. The molecule has 5 N–H and O–H groups in total. The number of para-hydroxylation sites is 2. The van der Waals surface area contributed by atoms with Crippen LogP contribution in [0.5, 0.6) is 23.0 Å². The summed E-state index contributed by atoms with van der Waals surface area (Å²) < 4.78 is 20.6. The van der Waals surface area contributed by atoms with Crippen molar-refractivity contribution in [2.24, 2.45) is 5.73 Å². The molecule has 0 aliphatic carbocycles. The van der Waals surface area contributed by atoms with Crippen molar-refractivity contribution in [1.82, 2.24) is 25.9 Å². The first-order valence-electron chi connectivity index (χ1n) is 21.7. The smallest absolute Gasteiger partial charge is 0.329 e. The van der Waals surface area contributed by atoms with Gasteiger partial charge in [0.05, 0.1) is 17.7 Å². The minimum absolute atomic E-state index is 0.0193. The van der Waals surface area contributed by atoms with Gasteiger partial charge in [-0.15, -0.1) is 0 Å². The van der Waals surface area contributed by atoms with Crippen LogP contribution in [0, 0.1) is 0 Å². The molecule has 0 atom stereocenters. The number of carbonyl (C=O) groups is 11. The van der Waals surface area contributed by atoms with Crippen LogP contribution in [-0.2, 0) is 48.0 Å². The summed E-state index contributed by atoms with van der Waals surface area (Å²) in [6.45, 7) is 6.70. The largest absolute Gasteiger partial charge is 0.423 e. The normalized spacial score (nSPS) is 10.4. The highest BCUT2D eigenvalue weighted by molar-refractivity contribution is 5.99. The Morgan fingerprint density at radius 2 is 0.955 bits per heavy atom. The minimum Gasteiger partial charge on any atom is -0.423 e. The molecule has 0 radical (unpaired) electrons. The lowest BCUT2D eigenvalue weighted by molar-refractivity contribution is -0.196. The number of nitrogens with two attached hydrogens (primary N) is 1. The average molecular weight is 941 g/mol. The molecule has 2 aromatic rings. The number of hydrogen-bond donors (Lipinski definition) is 4. The maximum atomic E-state index is 13.5. The van der Waals surface area contributed by atoms with E-state index in [0.717, 1.165) is 39.7 Å². The number of hydrogen-bond acceptors (Lipinski definition) is 16. The summed E-state index contributed by atoms with van der Waals surface area (Å²) in [5, 5.41) is 9.14. The summed E-state index contributed by atoms with van der Waals surface area (Å²) in [4.78, 5) is 141. The van der Waals surface area contributed by atoms with Gasteiger partial charge in [0.2, 0.25) is 17.7 Å². The quantitative estimate of drug-likeness (QED) is 0.0412. The van der Waals surface area contributed by atoms with Crippen LogP contribution in [0.25, 0.3) is 0 Å². The molecule has 0 fully saturated rings. The Morgan fingerprint density at radius 3 is 1.46 bits per heavy atom. The van der Waals surface area contributed by atoms with Crippen LogP contribution in [0.15, 0.2) is 36.4 Å². The van der Waals surface area contributed by atoms with Gasteiger partial charge in [0.15, 0.2) is 23.0 Å². The van der Waals surface area contributed by atoms with E-state index in [0.29, 0.717) is 32.1 Å². The first-order chi connectivity index (χ1) is 31.8. The van der Waals surface area contributed by atoms with Gasteiger partial charge in [-0.1, -0.05) is 12.1 Å². The molecule has 0 bridgehead atoms. The number of hydroxylamine groups is 2. The number of rotatable bonds is 28. The van der Waals surface area contributed by atoms with Crippen molar-refractivity contribution in [2.75, 3.05) is 39.3 Å². The van der Waals surface area contributed by atoms with Crippen LogP contribution in [0.3, 0.4) is 0 Å². The van der Waals surface area contributed by atoms with Crippen molar-refractivity contribution >= 4 is 65.3 Å². The fourth-order valence-electron chi connectivity index (χ4n) is 6.18. The Bertz CT molecular complexity index is 2110. The Kier molecular flexibility index (Phi) is 24.9. The lowest BCUT2D eigenvalue weighted by atomic mass is 10.1. The summed E-state index contributed by atoms with van der Waals surface area (Å²) in [6, 6.07) is 8.42. The summed E-state index contributed by atoms with van der Waals surface area (Å²) >= 11 is 0. The molecule has 366 valence electrons. The number of carbonyl (C=O) groups excluding carboxylic acids is 11. The molecule has 22 heteroatoms. The molecule has 0 heterocycles. The van der Waals surface area contributed by atoms with Gasteiger partial charge in [-0.3, -0.25) is 52.7 Å². The van der Waals surface area contributed by atoms with E-state index in [4.69, 9.17) is 29.5 Å². The fourth-order valence-corrected chi connectivity index (χ4v) is 6.18. The number of nitrogens with zero attached hydrogens (tertiary/aromatic N) is 2. The zero-order valence-electron chi connectivity index (χ0n) is 38.5. The molecule has 67 heavy (non-hydrogen) atoms. The average Bonchev–Trinajstić information content (AvgIpc) is 3.24. The van der Waals surface area contributed by atoms with Gasteiger partial charge in [-0.05, 0) is 69.2 Å². The van der Waals surface area contributed by atoms with Gasteiger partial charge in [0, 0.05) is 93.0 Å². The highest BCUT2D eigenvalue weighted by atomic mass is 16.7. The topological polar surface area (TPSA) is 303 Å². The van der Waals surface area contributed by atoms with E-state index in [-0.39, 0.29) is 124 Å². The maximum Gasteiger partial charge on any atom is 0.329 e. The number of esters is 4. The Morgan fingerprint density at radius 1 is 0.478 bits per heavy atom. The molecule has 2 aromatic carbocycles. The molecule has 0 saturated carbocycles. The van der Waals surface area contributed by atoms with Crippen molar-refractivity contribution < 1.29 is 76.5 Å². The van der Waals surface area contributed by atoms with E-state index in [1.165, 1.54) is 41.3 Å². The Hall–Kier alpha value is -7.39. The third kappa shape index (κ3) is 22.4. The Labute approximate surface area is 387 Å². The molecule has 0 aromatic heterocycles. The van der Waals surface area contributed by atoms with Crippen molar-refractivity contribution in [1.29, 1.82) is 0 Å². The van der Waals surface area contributed by atoms with E-state index >= 15 is 0 Å². The van der Waals surface area contributed by atoms with E-state index in [9.17, 15) is 52.7 Å². The molecule has 0 spiro atoms. The summed E-state index contributed by atoms with van der Waals surface area (Å²) in [7, 11) is 0. The van der Waals surface area contributed by atoms with Gasteiger partial charge < -0.3 is 50.4 Å². The summed E-state index contributed by atoms with van der Waals surface area (Å²) in [5.74, 6) is -7.22. The zero-order chi connectivity index (χ0) is 49.9. The van der Waals surface area contributed by atoms with E-state index in [2.05, 4.69) is 16.0 Å². The number of benzene rings is 2. The van der Waals surface area contributed by atoms with E-state index < -0.39 is 53.5 Å². The van der Waals surface area contributed by atoms with Gasteiger partial charge in [-0.25, -0.2) is 0 Å². The summed E-state index contributed by atoms with van der Waals surface area (Å²) in [6.07, 6.45) is 2.53. The SMILES string of the molecule is CC(=O)Oc1cccc(C(=O)NCCCCN(CCCNC(=O)c2cccc(OC(C)=O)c2OC(C)=O)C(=O)CCC(=O)NCCCCCN(OC(C)=O)C(=O)CCCC(N)=O)c1OC(C)=O. The monoisotopic (exact) mass is 940 g/mol. The van der Waals surface area contributed by atoms with Crippen molar-refractivity contribution in [2.45, 2.75) is 105 Å². The van der Waals surface area contributed by atoms with Crippen LogP contribution < -0.4 is 40.6 Å². The maximum absolute atomic E-state index is 13.5. The molecule has 6 amide bonds.